The number of hydrogen-bond acceptors (Lipinski definition) is 4. The summed E-state index contributed by atoms with van der Waals surface area (Å²) in [5.41, 5.74) is 0.894. The highest BCUT2D eigenvalue weighted by Crippen LogP contribution is 2.21. The van der Waals surface area contributed by atoms with Gasteiger partial charge in [-0.1, -0.05) is 25.0 Å². The minimum absolute atomic E-state index is 0.00747. The molecule has 0 bridgehead atoms. The maximum atomic E-state index is 12.8. The van der Waals surface area contributed by atoms with Crippen molar-refractivity contribution in [3.8, 4) is 0 Å². The number of nitrogens with one attached hydrogen (secondary N) is 1. The van der Waals surface area contributed by atoms with Crippen molar-refractivity contribution >= 4 is 21.8 Å². The van der Waals surface area contributed by atoms with Crippen molar-refractivity contribution in [2.24, 2.45) is 0 Å². The topological polar surface area (TPSA) is 86.8 Å². The molecule has 0 aliphatic carbocycles. The zero-order valence-electron chi connectivity index (χ0n) is 17.5. The Hall–Kier alpha value is -1.93. The number of likely N-dealkylation sites (N-methyl/N-ethyl adjacent to an activating group) is 1. The highest BCUT2D eigenvalue weighted by atomic mass is 32.2. The van der Waals surface area contributed by atoms with E-state index < -0.39 is 10.0 Å². The largest absolute Gasteiger partial charge is 0.347 e. The number of carbonyl (C=O) groups excluding carboxylic acids is 2. The van der Waals surface area contributed by atoms with Crippen LogP contribution in [0.15, 0.2) is 29.2 Å². The standard InChI is InChI=1S/C21H33N3O4S/c1-3-23(4-2)21(26)17-22-20(25)14-11-18-9-12-19(13-10-18)29(27,28)24-15-7-5-6-8-16-24/h9-10,12-13H,3-8,11,14-17H2,1-2H3,(H,22,25). The van der Waals surface area contributed by atoms with Gasteiger partial charge in [0.25, 0.3) is 0 Å². The number of rotatable bonds is 9. The first-order valence-corrected chi connectivity index (χ1v) is 12.0. The Morgan fingerprint density at radius 2 is 1.59 bits per heavy atom. The van der Waals surface area contributed by atoms with Crippen LogP contribution in [0.1, 0.15) is 51.5 Å². The van der Waals surface area contributed by atoms with Gasteiger partial charge in [-0.05, 0) is 50.8 Å². The maximum Gasteiger partial charge on any atom is 0.243 e. The lowest BCUT2D eigenvalue weighted by Gasteiger charge is -2.20. The van der Waals surface area contributed by atoms with Gasteiger partial charge in [0, 0.05) is 32.6 Å². The zero-order valence-corrected chi connectivity index (χ0v) is 18.3. The van der Waals surface area contributed by atoms with E-state index in [4.69, 9.17) is 0 Å². The fourth-order valence-electron chi connectivity index (χ4n) is 3.47. The molecule has 1 aliphatic rings. The molecule has 2 rings (SSSR count). The molecule has 0 unspecified atom stereocenters. The number of hydrogen-bond donors (Lipinski definition) is 1. The van der Waals surface area contributed by atoms with Crippen molar-refractivity contribution < 1.29 is 18.0 Å². The zero-order chi connectivity index (χ0) is 21.3. The SMILES string of the molecule is CCN(CC)C(=O)CNC(=O)CCc1ccc(S(=O)(=O)N2CCCCCC2)cc1. The Kier molecular flexibility index (Phi) is 9.10. The molecule has 1 fully saturated rings. The highest BCUT2D eigenvalue weighted by molar-refractivity contribution is 7.89. The molecule has 1 N–H and O–H groups in total. The summed E-state index contributed by atoms with van der Waals surface area (Å²) >= 11 is 0. The van der Waals surface area contributed by atoms with Gasteiger partial charge in [0.1, 0.15) is 0 Å². The minimum Gasteiger partial charge on any atom is -0.347 e. The Bertz CT molecular complexity index is 766. The van der Waals surface area contributed by atoms with E-state index in [0.717, 1.165) is 31.2 Å². The van der Waals surface area contributed by atoms with Gasteiger partial charge in [-0.2, -0.15) is 4.31 Å². The molecular formula is C21H33N3O4S. The second-order valence-electron chi connectivity index (χ2n) is 7.31. The molecule has 162 valence electrons. The molecule has 0 atom stereocenters. The number of sulfonamides is 1. The molecule has 8 heteroatoms. The predicted octanol–water partition coefficient (Wildman–Crippen LogP) is 2.17. The molecule has 1 aliphatic heterocycles. The van der Waals surface area contributed by atoms with Crippen LogP contribution in [-0.4, -0.2) is 62.2 Å². The molecule has 1 heterocycles. The Morgan fingerprint density at radius 1 is 1.00 bits per heavy atom. The molecule has 1 aromatic rings. The van der Waals surface area contributed by atoms with Crippen LogP contribution in [-0.2, 0) is 26.0 Å². The van der Waals surface area contributed by atoms with Crippen LogP contribution in [0.3, 0.4) is 0 Å². The first kappa shape index (κ1) is 23.3. The van der Waals surface area contributed by atoms with Crippen molar-refractivity contribution in [2.75, 3.05) is 32.7 Å². The molecule has 1 saturated heterocycles. The third kappa shape index (κ3) is 6.82. The van der Waals surface area contributed by atoms with E-state index in [1.165, 1.54) is 0 Å². The monoisotopic (exact) mass is 423 g/mol. The average Bonchev–Trinajstić information content (AvgIpc) is 3.02. The third-order valence-electron chi connectivity index (χ3n) is 5.32. The fourth-order valence-corrected chi connectivity index (χ4v) is 4.98. The van der Waals surface area contributed by atoms with Crippen LogP contribution in [0.5, 0.6) is 0 Å². The van der Waals surface area contributed by atoms with E-state index in [-0.39, 0.29) is 24.8 Å². The summed E-state index contributed by atoms with van der Waals surface area (Å²) in [4.78, 5) is 25.9. The van der Waals surface area contributed by atoms with Gasteiger partial charge in [-0.25, -0.2) is 8.42 Å². The van der Waals surface area contributed by atoms with Crippen LogP contribution >= 0.6 is 0 Å². The molecule has 1 aromatic carbocycles. The number of benzene rings is 1. The Balaban J connectivity index is 1.85. The summed E-state index contributed by atoms with van der Waals surface area (Å²) < 4.78 is 27.2. The summed E-state index contributed by atoms with van der Waals surface area (Å²) in [6, 6.07) is 6.77. The van der Waals surface area contributed by atoms with E-state index >= 15 is 0 Å². The second-order valence-corrected chi connectivity index (χ2v) is 9.24. The normalized spacial score (nSPS) is 15.5. The first-order valence-electron chi connectivity index (χ1n) is 10.5. The third-order valence-corrected chi connectivity index (χ3v) is 7.23. The van der Waals surface area contributed by atoms with E-state index in [2.05, 4.69) is 5.32 Å². The molecule has 2 amide bonds. The lowest BCUT2D eigenvalue weighted by Crippen LogP contribution is -2.40. The highest BCUT2D eigenvalue weighted by Gasteiger charge is 2.24. The maximum absolute atomic E-state index is 12.8. The van der Waals surface area contributed by atoms with Crippen molar-refractivity contribution in [3.05, 3.63) is 29.8 Å². The molecule has 7 nitrogen and oxygen atoms in total. The summed E-state index contributed by atoms with van der Waals surface area (Å²) in [5.74, 6) is -0.279. The van der Waals surface area contributed by atoms with E-state index in [9.17, 15) is 18.0 Å². The van der Waals surface area contributed by atoms with Gasteiger partial charge in [0.05, 0.1) is 11.4 Å². The van der Waals surface area contributed by atoms with Crippen LogP contribution < -0.4 is 5.32 Å². The van der Waals surface area contributed by atoms with Gasteiger partial charge in [-0.3, -0.25) is 9.59 Å². The van der Waals surface area contributed by atoms with Crippen LogP contribution in [0.4, 0.5) is 0 Å². The summed E-state index contributed by atoms with van der Waals surface area (Å²) in [6.45, 7) is 6.22. The van der Waals surface area contributed by atoms with Gasteiger partial charge in [-0.15, -0.1) is 0 Å². The quantitative estimate of drug-likeness (QED) is 0.659. The van der Waals surface area contributed by atoms with Crippen molar-refractivity contribution in [3.63, 3.8) is 0 Å². The molecule has 0 aromatic heterocycles. The van der Waals surface area contributed by atoms with Crippen LogP contribution in [0, 0.1) is 0 Å². The average molecular weight is 424 g/mol. The van der Waals surface area contributed by atoms with E-state index in [1.54, 1.807) is 33.5 Å². The molecular weight excluding hydrogens is 390 g/mol. The molecule has 0 spiro atoms. The number of amides is 2. The molecule has 0 saturated carbocycles. The Morgan fingerprint density at radius 3 is 2.14 bits per heavy atom. The summed E-state index contributed by atoms with van der Waals surface area (Å²) in [7, 11) is -3.45. The van der Waals surface area contributed by atoms with Gasteiger partial charge >= 0.3 is 0 Å². The van der Waals surface area contributed by atoms with Crippen LogP contribution in [0.25, 0.3) is 0 Å². The Labute approximate surface area is 174 Å². The lowest BCUT2D eigenvalue weighted by molar-refractivity contribution is -0.132. The molecule has 0 radical (unpaired) electrons. The number of aryl methyl sites for hydroxylation is 1. The van der Waals surface area contributed by atoms with Gasteiger partial charge in [0.15, 0.2) is 0 Å². The second kappa shape index (κ2) is 11.3. The molecule has 29 heavy (non-hydrogen) atoms. The van der Waals surface area contributed by atoms with Crippen molar-refractivity contribution in [2.45, 2.75) is 57.3 Å². The van der Waals surface area contributed by atoms with Crippen molar-refractivity contribution in [1.82, 2.24) is 14.5 Å². The first-order chi connectivity index (χ1) is 13.9. The van der Waals surface area contributed by atoms with Gasteiger partial charge in [0.2, 0.25) is 21.8 Å². The van der Waals surface area contributed by atoms with Crippen molar-refractivity contribution in [1.29, 1.82) is 0 Å². The number of carbonyl (C=O) groups is 2. The minimum atomic E-state index is -3.45. The van der Waals surface area contributed by atoms with E-state index in [1.807, 2.05) is 13.8 Å². The smallest absolute Gasteiger partial charge is 0.243 e. The lowest BCUT2D eigenvalue weighted by atomic mass is 10.1. The predicted molar refractivity (Wildman–Crippen MR) is 113 cm³/mol. The van der Waals surface area contributed by atoms with Crippen LogP contribution in [0.2, 0.25) is 0 Å². The number of nitrogens with zero attached hydrogens (tertiary/aromatic N) is 2. The fraction of sp³-hybridized carbons (Fsp3) is 0.619. The summed E-state index contributed by atoms with van der Waals surface area (Å²) in [5, 5.41) is 2.65. The van der Waals surface area contributed by atoms with Gasteiger partial charge < -0.3 is 10.2 Å². The summed E-state index contributed by atoms with van der Waals surface area (Å²) in [6.07, 6.45) is 4.71. The van der Waals surface area contributed by atoms with E-state index in [0.29, 0.717) is 37.5 Å².